The Labute approximate surface area is 139 Å². The van der Waals surface area contributed by atoms with E-state index < -0.39 is 12.8 Å². The molecule has 0 bridgehead atoms. The molecule has 0 aliphatic carbocycles. The monoisotopic (exact) mass is 345 g/mol. The maximum atomic E-state index is 12.6. The molecule has 1 aliphatic heterocycles. The van der Waals surface area contributed by atoms with Gasteiger partial charge in [-0.3, -0.25) is 4.79 Å². The van der Waals surface area contributed by atoms with E-state index in [1.165, 1.54) is 18.3 Å². The molecule has 2 heterocycles. The Morgan fingerprint density at radius 1 is 1.42 bits per heavy atom. The van der Waals surface area contributed by atoms with Crippen molar-refractivity contribution in [1.29, 1.82) is 0 Å². The Hall–Kier alpha value is -1.83. The summed E-state index contributed by atoms with van der Waals surface area (Å²) in [6.07, 6.45) is -0.305. The van der Waals surface area contributed by atoms with Crippen LogP contribution in [0, 0.1) is 5.92 Å². The summed E-state index contributed by atoms with van der Waals surface area (Å²) in [5, 5.41) is 3.11. The highest BCUT2D eigenvalue weighted by Gasteiger charge is 2.31. The second-order valence-electron chi connectivity index (χ2n) is 5.89. The molecule has 0 spiro atoms. The topological polar surface area (TPSA) is 54.5 Å². The van der Waals surface area contributed by atoms with Gasteiger partial charge in [-0.05, 0) is 50.9 Å². The minimum atomic E-state index is -4.47. The first-order valence-corrected chi connectivity index (χ1v) is 7.99. The van der Waals surface area contributed by atoms with Gasteiger partial charge in [0, 0.05) is 19.3 Å². The number of ether oxygens (including phenoxy) is 1. The first-order chi connectivity index (χ1) is 11.4. The van der Waals surface area contributed by atoms with Gasteiger partial charge in [-0.1, -0.05) is 0 Å². The quantitative estimate of drug-likeness (QED) is 0.861. The van der Waals surface area contributed by atoms with Crippen LogP contribution in [0.3, 0.4) is 0 Å². The number of carbonyl (C=O) groups is 1. The molecule has 1 aromatic rings. The molecule has 1 amide bonds. The van der Waals surface area contributed by atoms with Crippen molar-refractivity contribution in [2.24, 2.45) is 5.92 Å². The third-order valence-corrected chi connectivity index (χ3v) is 4.08. The Balaban J connectivity index is 1.98. The van der Waals surface area contributed by atoms with Crippen LogP contribution in [0.15, 0.2) is 18.3 Å². The lowest BCUT2D eigenvalue weighted by atomic mass is 9.93. The van der Waals surface area contributed by atoms with E-state index in [2.05, 4.69) is 10.3 Å². The maximum absolute atomic E-state index is 12.6. The van der Waals surface area contributed by atoms with Crippen LogP contribution < -0.4 is 10.1 Å². The molecule has 0 aromatic carbocycles. The SMILES string of the molecule is CNCCC1CCN(C(=O)c2cccnc2OCC(F)(F)F)CC1. The number of amides is 1. The molecule has 0 unspecified atom stereocenters. The molecule has 1 N–H and O–H groups in total. The molecule has 5 nitrogen and oxygen atoms in total. The molecule has 0 atom stereocenters. The summed E-state index contributed by atoms with van der Waals surface area (Å²) in [5.74, 6) is -0.0270. The molecular weight excluding hydrogens is 323 g/mol. The van der Waals surface area contributed by atoms with Gasteiger partial charge in [0.25, 0.3) is 5.91 Å². The Morgan fingerprint density at radius 2 is 2.12 bits per heavy atom. The number of hydrogen-bond acceptors (Lipinski definition) is 4. The lowest BCUT2D eigenvalue weighted by molar-refractivity contribution is -0.154. The van der Waals surface area contributed by atoms with Gasteiger partial charge in [0.15, 0.2) is 6.61 Å². The molecule has 8 heteroatoms. The zero-order valence-corrected chi connectivity index (χ0v) is 13.6. The third-order valence-electron chi connectivity index (χ3n) is 4.08. The first-order valence-electron chi connectivity index (χ1n) is 7.99. The minimum absolute atomic E-state index is 0.0791. The van der Waals surface area contributed by atoms with Crippen molar-refractivity contribution in [3.05, 3.63) is 23.9 Å². The van der Waals surface area contributed by atoms with Gasteiger partial charge in [-0.2, -0.15) is 13.2 Å². The van der Waals surface area contributed by atoms with Crippen molar-refractivity contribution >= 4 is 5.91 Å². The highest BCUT2D eigenvalue weighted by atomic mass is 19.4. The van der Waals surface area contributed by atoms with E-state index in [-0.39, 0.29) is 17.4 Å². The molecular formula is C16H22F3N3O2. The van der Waals surface area contributed by atoms with Gasteiger partial charge >= 0.3 is 6.18 Å². The summed E-state index contributed by atoms with van der Waals surface area (Å²) in [7, 11) is 1.91. The van der Waals surface area contributed by atoms with Gasteiger partial charge in [0.1, 0.15) is 5.56 Å². The van der Waals surface area contributed by atoms with Gasteiger partial charge in [0.2, 0.25) is 5.88 Å². The number of halogens is 3. The molecule has 1 aromatic heterocycles. The van der Waals surface area contributed by atoms with Gasteiger partial charge in [-0.25, -0.2) is 4.98 Å². The predicted octanol–water partition coefficient (Wildman–Crippen LogP) is 2.48. The Morgan fingerprint density at radius 3 is 2.75 bits per heavy atom. The van der Waals surface area contributed by atoms with E-state index in [0.717, 1.165) is 25.8 Å². The van der Waals surface area contributed by atoms with E-state index >= 15 is 0 Å². The summed E-state index contributed by atoms with van der Waals surface area (Å²) in [6.45, 7) is 0.675. The van der Waals surface area contributed by atoms with Crippen molar-refractivity contribution in [3.63, 3.8) is 0 Å². The molecule has 1 saturated heterocycles. The normalized spacial score (nSPS) is 16.2. The Bertz CT molecular complexity index is 544. The van der Waals surface area contributed by atoms with Crippen molar-refractivity contribution in [2.75, 3.05) is 33.3 Å². The fraction of sp³-hybridized carbons (Fsp3) is 0.625. The average Bonchev–Trinajstić information content (AvgIpc) is 2.57. The second kappa shape index (κ2) is 8.32. The highest BCUT2D eigenvalue weighted by molar-refractivity contribution is 5.96. The van der Waals surface area contributed by atoms with E-state index in [9.17, 15) is 18.0 Å². The summed E-state index contributed by atoms with van der Waals surface area (Å²) in [5.41, 5.74) is 0.0791. The lowest BCUT2D eigenvalue weighted by Gasteiger charge is -2.32. The maximum Gasteiger partial charge on any atom is 0.422 e. The number of nitrogens with one attached hydrogen (secondary N) is 1. The van der Waals surface area contributed by atoms with Crippen molar-refractivity contribution in [2.45, 2.75) is 25.4 Å². The fourth-order valence-electron chi connectivity index (χ4n) is 2.76. The minimum Gasteiger partial charge on any atom is -0.467 e. The van der Waals surface area contributed by atoms with Crippen LogP contribution in [-0.2, 0) is 0 Å². The third kappa shape index (κ3) is 5.36. The zero-order valence-electron chi connectivity index (χ0n) is 13.6. The molecule has 0 radical (unpaired) electrons. The summed E-state index contributed by atoms with van der Waals surface area (Å²) in [6, 6.07) is 2.97. The number of pyridine rings is 1. The number of alkyl halides is 3. The summed E-state index contributed by atoms with van der Waals surface area (Å²) in [4.78, 5) is 18.0. The molecule has 0 saturated carbocycles. The number of hydrogen-bond donors (Lipinski definition) is 1. The summed E-state index contributed by atoms with van der Waals surface area (Å²) >= 11 is 0. The van der Waals surface area contributed by atoms with E-state index in [1.807, 2.05) is 7.05 Å². The fourth-order valence-corrected chi connectivity index (χ4v) is 2.76. The van der Waals surface area contributed by atoms with Gasteiger partial charge in [-0.15, -0.1) is 0 Å². The van der Waals surface area contributed by atoms with E-state index in [4.69, 9.17) is 4.74 Å². The van der Waals surface area contributed by atoms with Crippen LogP contribution >= 0.6 is 0 Å². The van der Waals surface area contributed by atoms with E-state index in [0.29, 0.717) is 19.0 Å². The van der Waals surface area contributed by atoms with Crippen LogP contribution in [0.1, 0.15) is 29.6 Å². The van der Waals surface area contributed by atoms with Crippen molar-refractivity contribution < 1.29 is 22.7 Å². The number of aromatic nitrogens is 1. The molecule has 1 fully saturated rings. The van der Waals surface area contributed by atoms with Crippen LogP contribution in [0.2, 0.25) is 0 Å². The zero-order chi connectivity index (χ0) is 17.6. The average molecular weight is 345 g/mol. The molecule has 1 aliphatic rings. The van der Waals surface area contributed by atoms with E-state index in [1.54, 1.807) is 4.90 Å². The van der Waals surface area contributed by atoms with Crippen LogP contribution in [-0.4, -0.2) is 55.3 Å². The lowest BCUT2D eigenvalue weighted by Crippen LogP contribution is -2.39. The Kier molecular flexibility index (Phi) is 6.42. The number of rotatable bonds is 6. The van der Waals surface area contributed by atoms with Crippen molar-refractivity contribution in [3.8, 4) is 5.88 Å². The standard InChI is InChI=1S/C16H22F3N3O2/c1-20-8-4-12-5-9-22(10-6-12)15(23)13-3-2-7-21-14(13)24-11-16(17,18)19/h2-3,7,12,20H,4-6,8-11H2,1H3. The second-order valence-corrected chi connectivity index (χ2v) is 5.89. The largest absolute Gasteiger partial charge is 0.467 e. The molecule has 134 valence electrons. The number of likely N-dealkylation sites (tertiary alicyclic amines) is 1. The van der Waals surface area contributed by atoms with Gasteiger partial charge in [0.05, 0.1) is 0 Å². The predicted molar refractivity (Wildman–Crippen MR) is 83.0 cm³/mol. The summed E-state index contributed by atoms with van der Waals surface area (Å²) < 4.78 is 41.7. The molecule has 2 rings (SSSR count). The smallest absolute Gasteiger partial charge is 0.422 e. The number of carbonyl (C=O) groups excluding carboxylic acids is 1. The molecule has 24 heavy (non-hydrogen) atoms. The number of piperidine rings is 1. The van der Waals surface area contributed by atoms with Crippen LogP contribution in [0.4, 0.5) is 13.2 Å². The highest BCUT2D eigenvalue weighted by Crippen LogP contribution is 2.25. The first kappa shape index (κ1) is 18.5. The van der Waals surface area contributed by atoms with Crippen LogP contribution in [0.5, 0.6) is 5.88 Å². The number of nitrogens with zero attached hydrogens (tertiary/aromatic N) is 2. The van der Waals surface area contributed by atoms with Crippen LogP contribution in [0.25, 0.3) is 0 Å². The van der Waals surface area contributed by atoms with Gasteiger partial charge < -0.3 is 15.0 Å². The van der Waals surface area contributed by atoms with Crippen molar-refractivity contribution in [1.82, 2.24) is 15.2 Å².